The summed E-state index contributed by atoms with van der Waals surface area (Å²) in [5, 5.41) is 3.31. The number of hydrogen-bond acceptors (Lipinski definition) is 2. The first-order chi connectivity index (χ1) is 5.68. The van der Waals surface area contributed by atoms with Gasteiger partial charge in [0.1, 0.15) is 0 Å². The van der Waals surface area contributed by atoms with Gasteiger partial charge in [-0.25, -0.2) is 17.8 Å². The summed E-state index contributed by atoms with van der Waals surface area (Å²) in [4.78, 5) is 13.0. The molecule has 1 amide bonds. The normalized spacial score (nSPS) is 20.6. The van der Waals surface area contributed by atoms with Crippen molar-refractivity contribution in [2.45, 2.75) is 13.3 Å². The van der Waals surface area contributed by atoms with Gasteiger partial charge < -0.3 is 4.90 Å². The maximum absolute atomic E-state index is 11.3. The number of nitrogens with zero attached hydrogens (tertiary/aromatic N) is 1. The summed E-state index contributed by atoms with van der Waals surface area (Å²) in [5.74, 6) is 0.197. The van der Waals surface area contributed by atoms with Crippen molar-refractivity contribution in [3.05, 3.63) is 28.0 Å². The molecule has 13 heavy (non-hydrogen) atoms. The fourth-order valence-electron chi connectivity index (χ4n) is 1.43. The minimum atomic E-state index is 0. The van der Waals surface area contributed by atoms with Crippen LogP contribution in [0.3, 0.4) is 0 Å². The number of thioether (sulfide) groups is 1. The van der Waals surface area contributed by atoms with E-state index in [-0.39, 0.29) is 64.1 Å². The van der Waals surface area contributed by atoms with E-state index in [4.69, 9.17) is 0 Å². The largest absolute Gasteiger partial charge is 1.00 e. The van der Waals surface area contributed by atoms with E-state index in [1.165, 1.54) is 10.8 Å². The van der Waals surface area contributed by atoms with Crippen LogP contribution in [0.15, 0.2) is 22.8 Å². The van der Waals surface area contributed by atoms with Gasteiger partial charge in [0.05, 0.1) is 0 Å². The first-order valence-corrected chi connectivity index (χ1v) is 4.74. The smallest absolute Gasteiger partial charge is 0.333 e. The van der Waals surface area contributed by atoms with Crippen LogP contribution < -0.4 is 58.2 Å². The molecule has 0 aromatic heterocycles. The average Bonchev–Trinajstić information content (AvgIpc) is 2.28. The Hall–Kier alpha value is 0.975. The molecular formula is C9H10NORbS. The molecule has 0 N–H and O–H groups in total. The van der Waals surface area contributed by atoms with E-state index < -0.39 is 0 Å². The molecule has 2 heterocycles. The van der Waals surface area contributed by atoms with Gasteiger partial charge in [-0.1, -0.05) is 0 Å². The molecule has 0 bridgehead atoms. The molecule has 1 saturated heterocycles. The molecular weight excluding hydrogens is 256 g/mol. The zero-order valence-electron chi connectivity index (χ0n) is 8.13. The van der Waals surface area contributed by atoms with Crippen molar-refractivity contribution in [2.75, 3.05) is 7.05 Å². The van der Waals surface area contributed by atoms with Crippen LogP contribution in [0.1, 0.15) is 13.3 Å². The van der Waals surface area contributed by atoms with Gasteiger partial charge in [0.25, 0.3) is 0 Å². The zero-order valence-corrected chi connectivity index (χ0v) is 13.9. The van der Waals surface area contributed by atoms with E-state index in [1.807, 2.05) is 7.05 Å². The molecule has 0 aromatic rings. The van der Waals surface area contributed by atoms with Gasteiger partial charge in [0.15, 0.2) is 0 Å². The maximum atomic E-state index is 11.3. The predicted molar refractivity (Wildman–Crippen MR) is 50.1 cm³/mol. The van der Waals surface area contributed by atoms with Crippen molar-refractivity contribution < 1.29 is 63.0 Å². The number of carbonyl (C=O) groups excluding carboxylic acids is 1. The van der Waals surface area contributed by atoms with Crippen molar-refractivity contribution in [3.8, 4) is 0 Å². The van der Waals surface area contributed by atoms with Gasteiger partial charge in [0.2, 0.25) is 5.91 Å². The van der Waals surface area contributed by atoms with Crippen LogP contribution in [0, 0.1) is 5.25 Å². The van der Waals surface area contributed by atoms with Crippen molar-refractivity contribution in [1.82, 2.24) is 4.90 Å². The molecule has 1 fully saturated rings. The SMILES string of the molecule is C[C-]1C=C2CC(=O)N(C)C2=CS1.[Rb+]. The standard InChI is InChI=1S/C9H10NOS.Rb/c1-6-3-7-4-9(11)10(2)8(7)5-12-6;/h3,5H,4H2,1-2H3;/q-1;+1. The van der Waals surface area contributed by atoms with Gasteiger partial charge in [-0.3, -0.25) is 4.79 Å². The third-order valence-electron chi connectivity index (χ3n) is 2.14. The topological polar surface area (TPSA) is 20.3 Å². The Morgan fingerprint density at radius 2 is 2.31 bits per heavy atom. The van der Waals surface area contributed by atoms with E-state index in [9.17, 15) is 4.79 Å². The van der Waals surface area contributed by atoms with Gasteiger partial charge in [-0.15, -0.1) is 6.92 Å². The number of amides is 1. The molecule has 64 valence electrons. The van der Waals surface area contributed by atoms with Crippen molar-refractivity contribution in [3.63, 3.8) is 0 Å². The second-order valence-corrected chi connectivity index (χ2v) is 4.15. The van der Waals surface area contributed by atoms with Crippen molar-refractivity contribution in [1.29, 1.82) is 0 Å². The van der Waals surface area contributed by atoms with Gasteiger partial charge in [-0.2, -0.15) is 10.8 Å². The number of likely N-dealkylation sites (tertiary alicyclic amines) is 1. The second-order valence-electron chi connectivity index (χ2n) is 3.03. The Morgan fingerprint density at radius 1 is 1.62 bits per heavy atom. The summed E-state index contributed by atoms with van der Waals surface area (Å²) in [7, 11) is 1.83. The van der Waals surface area contributed by atoms with Crippen molar-refractivity contribution in [2.24, 2.45) is 0 Å². The molecule has 0 atom stereocenters. The Balaban J connectivity index is 0.000000845. The van der Waals surface area contributed by atoms with E-state index in [0.29, 0.717) is 6.42 Å². The van der Waals surface area contributed by atoms with Crippen LogP contribution in [0.4, 0.5) is 0 Å². The zero-order chi connectivity index (χ0) is 8.72. The number of carbonyl (C=O) groups is 1. The first kappa shape index (κ1) is 12.0. The number of allylic oxidation sites excluding steroid dienone is 1. The molecule has 4 heteroatoms. The Labute approximate surface area is 132 Å². The third kappa shape index (κ3) is 2.32. The molecule has 0 saturated carbocycles. The molecule has 2 nitrogen and oxygen atoms in total. The molecule has 0 unspecified atom stereocenters. The van der Waals surface area contributed by atoms with E-state index in [2.05, 4.69) is 18.4 Å². The van der Waals surface area contributed by atoms with Gasteiger partial charge in [-0.05, 0) is 17.5 Å². The summed E-state index contributed by atoms with van der Waals surface area (Å²) in [6.07, 6.45) is 2.67. The number of rotatable bonds is 0. The average molecular weight is 266 g/mol. The summed E-state index contributed by atoms with van der Waals surface area (Å²) in [6, 6.07) is 0. The number of likely N-dealkylation sites (N-methyl/N-ethyl adjacent to an activating group) is 1. The Kier molecular flexibility index (Phi) is 4.32. The molecule has 0 radical (unpaired) electrons. The third-order valence-corrected chi connectivity index (χ3v) is 2.97. The maximum Gasteiger partial charge on any atom is 1.00 e. The summed E-state index contributed by atoms with van der Waals surface area (Å²) in [5.41, 5.74) is 2.24. The monoisotopic (exact) mass is 265 g/mol. The fourth-order valence-corrected chi connectivity index (χ4v) is 2.25. The summed E-state index contributed by atoms with van der Waals surface area (Å²) < 4.78 is 0. The van der Waals surface area contributed by atoms with Crippen LogP contribution in [0.2, 0.25) is 0 Å². The first-order valence-electron chi connectivity index (χ1n) is 3.86. The van der Waals surface area contributed by atoms with Crippen LogP contribution in [-0.2, 0) is 4.79 Å². The van der Waals surface area contributed by atoms with Crippen LogP contribution in [0.25, 0.3) is 0 Å². The predicted octanol–water partition coefficient (Wildman–Crippen LogP) is -1.08. The van der Waals surface area contributed by atoms with E-state index in [1.54, 1.807) is 16.7 Å². The van der Waals surface area contributed by atoms with Crippen molar-refractivity contribution >= 4 is 17.7 Å². The number of hydrogen-bond donors (Lipinski definition) is 0. The Morgan fingerprint density at radius 3 is 3.00 bits per heavy atom. The van der Waals surface area contributed by atoms with E-state index >= 15 is 0 Å². The minimum absolute atomic E-state index is 0. The van der Waals surface area contributed by atoms with Crippen LogP contribution in [-0.4, -0.2) is 17.9 Å². The Bertz CT molecular complexity index is 298. The fraction of sp³-hybridized carbons (Fsp3) is 0.333. The molecule has 0 aliphatic carbocycles. The second kappa shape index (κ2) is 4.66. The summed E-state index contributed by atoms with van der Waals surface area (Å²) >= 11 is 1.68. The molecule has 0 spiro atoms. The van der Waals surface area contributed by atoms with Crippen LogP contribution >= 0.6 is 11.8 Å². The quantitative estimate of drug-likeness (QED) is 0.520. The minimum Gasteiger partial charge on any atom is -0.333 e. The van der Waals surface area contributed by atoms with Gasteiger partial charge >= 0.3 is 58.2 Å². The molecule has 0 aromatic carbocycles. The van der Waals surface area contributed by atoms with Gasteiger partial charge in [0, 0.05) is 7.05 Å². The summed E-state index contributed by atoms with van der Waals surface area (Å²) in [6.45, 7) is 2.06. The molecule has 2 rings (SSSR count). The molecule has 2 aliphatic rings. The van der Waals surface area contributed by atoms with E-state index in [0.717, 1.165) is 5.70 Å². The molecule has 2 aliphatic heterocycles. The van der Waals surface area contributed by atoms with Crippen LogP contribution in [0.5, 0.6) is 0 Å². The number of fused-ring (bicyclic) bond motifs is 1.